The lowest BCUT2D eigenvalue weighted by Crippen LogP contribution is -2.38. The molecule has 0 saturated heterocycles. The van der Waals surface area contributed by atoms with Crippen LogP contribution >= 0.6 is 34.9 Å². The molecule has 0 spiro atoms. The Morgan fingerprint density at radius 2 is 2.07 bits per heavy atom. The van der Waals surface area contributed by atoms with Crippen LogP contribution in [0.15, 0.2) is 56.2 Å². The van der Waals surface area contributed by atoms with Crippen LogP contribution in [0.1, 0.15) is 37.7 Å². The highest BCUT2D eigenvalue weighted by molar-refractivity contribution is 8.01. The summed E-state index contributed by atoms with van der Waals surface area (Å²) >= 11 is 4.70. The quantitative estimate of drug-likeness (QED) is 0.650. The van der Waals surface area contributed by atoms with Gasteiger partial charge in [0.05, 0.1) is 17.6 Å². The van der Waals surface area contributed by atoms with Crippen LogP contribution in [0.5, 0.6) is 0 Å². The molecule has 0 fully saturated rings. The highest BCUT2D eigenvalue weighted by Gasteiger charge is 2.41. The summed E-state index contributed by atoms with van der Waals surface area (Å²) < 4.78 is 0.845. The van der Waals surface area contributed by atoms with Gasteiger partial charge in [-0.1, -0.05) is 42.2 Å². The molecule has 4 rings (SSSR count). The van der Waals surface area contributed by atoms with Crippen LogP contribution in [-0.4, -0.2) is 28.0 Å². The smallest absolute Gasteiger partial charge is 0.219 e. The van der Waals surface area contributed by atoms with Gasteiger partial charge < -0.3 is 5.73 Å². The van der Waals surface area contributed by atoms with E-state index in [4.69, 9.17) is 5.73 Å². The maximum Gasteiger partial charge on any atom is 0.219 e. The Balaban J connectivity index is 1.88. The average Bonchev–Trinajstić information content (AvgIpc) is 3.21. The number of nitrogens with two attached hydrogens (primary N) is 1. The van der Waals surface area contributed by atoms with Crippen molar-refractivity contribution in [2.75, 3.05) is 16.9 Å². The Morgan fingerprint density at radius 1 is 1.30 bits per heavy atom. The molecule has 0 radical (unpaired) electrons. The summed E-state index contributed by atoms with van der Waals surface area (Å²) in [6.07, 6.45) is 3.98. The zero-order chi connectivity index (χ0) is 21.3. The van der Waals surface area contributed by atoms with Crippen LogP contribution in [0.2, 0.25) is 0 Å². The van der Waals surface area contributed by atoms with Gasteiger partial charge in [-0.2, -0.15) is 5.26 Å². The Hall–Kier alpha value is -2.28. The molecule has 9 heteroatoms. The Kier molecular flexibility index (Phi) is 6.18. The summed E-state index contributed by atoms with van der Waals surface area (Å²) in [7, 11) is 0. The van der Waals surface area contributed by atoms with Gasteiger partial charge in [-0.15, -0.1) is 22.0 Å². The van der Waals surface area contributed by atoms with Gasteiger partial charge in [-0.25, -0.2) is 0 Å². The molecule has 1 aliphatic carbocycles. The normalized spacial score (nSPS) is 19.2. The van der Waals surface area contributed by atoms with Crippen molar-refractivity contribution in [1.29, 1.82) is 5.26 Å². The highest BCUT2D eigenvalue weighted by atomic mass is 32.2. The molecular formula is C21H21N5OS3. The second kappa shape index (κ2) is 8.84. The van der Waals surface area contributed by atoms with Gasteiger partial charge in [0.15, 0.2) is 10.1 Å². The number of benzene rings is 1. The first kappa shape index (κ1) is 21.0. The Morgan fingerprint density at radius 3 is 2.73 bits per heavy atom. The maximum atomic E-state index is 13.1. The molecule has 2 aliphatic rings. The number of nitrogens with zero attached hydrogens (tertiary/aromatic N) is 4. The van der Waals surface area contributed by atoms with E-state index in [1.165, 1.54) is 11.3 Å². The van der Waals surface area contributed by atoms with Crippen molar-refractivity contribution in [2.45, 2.75) is 41.3 Å². The van der Waals surface area contributed by atoms with Gasteiger partial charge in [0.1, 0.15) is 5.82 Å². The zero-order valence-electron chi connectivity index (χ0n) is 16.7. The number of carbonyl (C=O) groups excluding carboxylic acids is 1. The van der Waals surface area contributed by atoms with Crippen LogP contribution in [0, 0.1) is 11.3 Å². The van der Waals surface area contributed by atoms with Gasteiger partial charge in [0.25, 0.3) is 0 Å². The number of ketones is 1. The fourth-order valence-electron chi connectivity index (χ4n) is 3.91. The summed E-state index contributed by atoms with van der Waals surface area (Å²) in [5.41, 5.74) is 9.37. The lowest BCUT2D eigenvalue weighted by molar-refractivity contribution is -0.116. The number of aromatic nitrogens is 2. The van der Waals surface area contributed by atoms with Crippen LogP contribution in [0.25, 0.3) is 0 Å². The predicted octanol–water partition coefficient (Wildman–Crippen LogP) is 4.68. The first-order chi connectivity index (χ1) is 14.6. The summed E-state index contributed by atoms with van der Waals surface area (Å²) in [6, 6.07) is 10.3. The SMILES string of the molecule is CCSc1nnc(N2C(N)=C(C#N)C(c3ccc(SC)cc3)C3=C2CCCC3=O)s1. The third-order valence-electron chi connectivity index (χ3n) is 5.22. The molecular weight excluding hydrogens is 434 g/mol. The number of thioether (sulfide) groups is 2. The number of nitriles is 1. The molecule has 0 saturated carbocycles. The number of allylic oxidation sites excluding steroid dienone is 3. The van der Waals surface area contributed by atoms with Crippen molar-refractivity contribution < 1.29 is 4.79 Å². The van der Waals surface area contributed by atoms with E-state index in [1.54, 1.807) is 28.4 Å². The van der Waals surface area contributed by atoms with Gasteiger partial charge in [0.2, 0.25) is 5.13 Å². The second-order valence-corrected chi connectivity index (χ2v) is 10.2. The third kappa shape index (κ3) is 3.64. The van der Waals surface area contributed by atoms with E-state index < -0.39 is 5.92 Å². The average molecular weight is 456 g/mol. The lowest BCUT2D eigenvalue weighted by Gasteiger charge is -2.38. The number of carbonyl (C=O) groups is 1. The summed E-state index contributed by atoms with van der Waals surface area (Å²) in [5, 5.41) is 19.2. The minimum absolute atomic E-state index is 0.0770. The van der Waals surface area contributed by atoms with Gasteiger partial charge in [0, 0.05) is 22.6 Å². The monoisotopic (exact) mass is 455 g/mol. The van der Waals surface area contributed by atoms with Crippen molar-refractivity contribution in [3.8, 4) is 6.07 Å². The predicted molar refractivity (Wildman–Crippen MR) is 122 cm³/mol. The van der Waals surface area contributed by atoms with Crippen LogP contribution in [0.3, 0.4) is 0 Å². The molecule has 0 amide bonds. The van der Waals surface area contributed by atoms with Crippen molar-refractivity contribution in [1.82, 2.24) is 10.2 Å². The minimum Gasteiger partial charge on any atom is -0.384 e. The number of rotatable bonds is 5. The van der Waals surface area contributed by atoms with E-state index >= 15 is 0 Å². The van der Waals surface area contributed by atoms with Gasteiger partial charge in [-0.05, 0) is 42.5 Å². The van der Waals surface area contributed by atoms with E-state index in [-0.39, 0.29) is 5.78 Å². The fraction of sp³-hybridized carbons (Fsp3) is 0.333. The fourth-order valence-corrected chi connectivity index (χ4v) is 6.10. The van der Waals surface area contributed by atoms with Crippen molar-refractivity contribution in [3.05, 3.63) is 52.5 Å². The minimum atomic E-state index is -0.442. The molecule has 1 aliphatic heterocycles. The summed E-state index contributed by atoms with van der Waals surface area (Å²) in [4.78, 5) is 16.0. The molecule has 0 bridgehead atoms. The van der Waals surface area contributed by atoms with E-state index in [1.807, 2.05) is 30.5 Å². The number of hydrogen-bond acceptors (Lipinski definition) is 9. The van der Waals surface area contributed by atoms with E-state index in [0.717, 1.165) is 39.1 Å². The lowest BCUT2D eigenvalue weighted by atomic mass is 9.76. The van der Waals surface area contributed by atoms with Crippen LogP contribution < -0.4 is 10.6 Å². The molecule has 2 heterocycles. The summed E-state index contributed by atoms with van der Waals surface area (Å²) in [6.45, 7) is 2.06. The molecule has 1 atom stereocenters. The molecule has 30 heavy (non-hydrogen) atoms. The van der Waals surface area contributed by atoms with Crippen molar-refractivity contribution >= 4 is 45.8 Å². The van der Waals surface area contributed by atoms with Crippen LogP contribution in [0.4, 0.5) is 5.13 Å². The first-order valence-electron chi connectivity index (χ1n) is 9.65. The molecule has 2 aromatic rings. The Bertz CT molecular complexity index is 1080. The molecule has 154 valence electrons. The van der Waals surface area contributed by atoms with E-state index in [2.05, 4.69) is 23.2 Å². The van der Waals surface area contributed by atoms with Crippen molar-refractivity contribution in [3.63, 3.8) is 0 Å². The molecule has 1 aromatic carbocycles. The van der Waals surface area contributed by atoms with Crippen molar-refractivity contribution in [2.24, 2.45) is 5.73 Å². The highest BCUT2D eigenvalue weighted by Crippen LogP contribution is 2.47. The zero-order valence-corrected chi connectivity index (χ0v) is 19.2. The molecule has 6 nitrogen and oxygen atoms in total. The van der Waals surface area contributed by atoms with E-state index in [9.17, 15) is 10.1 Å². The van der Waals surface area contributed by atoms with Gasteiger partial charge >= 0.3 is 0 Å². The standard InChI is InChI=1S/C21H21N5OS3/c1-3-29-21-25-24-20(30-21)26-15-5-4-6-16(27)18(15)17(14(11-22)19(26)23)12-7-9-13(28-2)10-8-12/h7-10,17H,3-6,23H2,1-2H3. The Labute approximate surface area is 188 Å². The third-order valence-corrected chi connectivity index (χ3v) is 7.88. The molecule has 2 N–H and O–H groups in total. The number of Topliss-reactive ketones (excluding diaryl/α,β-unsaturated/α-hetero) is 1. The van der Waals surface area contributed by atoms with E-state index in [0.29, 0.717) is 28.5 Å². The molecule has 1 unspecified atom stereocenters. The largest absolute Gasteiger partial charge is 0.384 e. The first-order valence-corrected chi connectivity index (χ1v) is 12.7. The van der Waals surface area contributed by atoms with Crippen LogP contribution in [-0.2, 0) is 4.79 Å². The second-order valence-electron chi connectivity index (χ2n) is 6.87. The number of anilines is 1. The maximum absolute atomic E-state index is 13.1. The summed E-state index contributed by atoms with van der Waals surface area (Å²) in [5.74, 6) is 0.869. The van der Waals surface area contributed by atoms with Gasteiger partial charge in [-0.3, -0.25) is 9.69 Å². The topological polar surface area (TPSA) is 95.9 Å². The number of hydrogen-bond donors (Lipinski definition) is 1. The molecule has 1 aromatic heterocycles.